The molecule has 0 saturated carbocycles. The van der Waals surface area contributed by atoms with E-state index in [1.54, 1.807) is 69.5 Å². The van der Waals surface area contributed by atoms with Crippen LogP contribution >= 0.6 is 0 Å². The minimum atomic E-state index is -1.26. The minimum absolute atomic E-state index is 0.115. The summed E-state index contributed by atoms with van der Waals surface area (Å²) in [5, 5.41) is 21.5. The Morgan fingerprint density at radius 1 is 0.539 bits per heavy atom. The van der Waals surface area contributed by atoms with E-state index < -0.39 is 155 Å². The van der Waals surface area contributed by atoms with E-state index in [4.69, 9.17) is 0 Å². The standard InChI is InChI=1S/C52H72F2N12O10/c1-27(55-9)43(69)61-41(51(3,4)5)49(75)63-21-19-35-39(63)33(45(71)59-31-15-11-29(53)12-16-31)25-65(35)37(67)23-57-47(73)48(74)58-24-38(68)66-26-34(46(72)60-32-17-13-30(54)14-18-32)40-36(66)20-22-64(40)50(76)42(52(6,7)8)62-44(70)28(2)56-10/h11-18,27-28,33-36,39-42,55-56H,19-26H2,1-10H3,(H,57,73)(H,58,74)(H,59,71)(H,60,72)(H,61,69)(H,62,70)/t27-,28-,33-,34-,35+,36+,39+,40+,41?,42?/m0/s1. The molecule has 0 aliphatic carbocycles. The molecule has 0 radical (unpaired) electrons. The van der Waals surface area contributed by atoms with Gasteiger partial charge in [0.15, 0.2) is 0 Å². The van der Waals surface area contributed by atoms with Crippen molar-refractivity contribution in [2.75, 3.05) is 64.0 Å². The van der Waals surface area contributed by atoms with Gasteiger partial charge in [0.1, 0.15) is 23.7 Å². The molecule has 4 aliphatic heterocycles. The highest BCUT2D eigenvalue weighted by atomic mass is 19.1. The first kappa shape index (κ1) is 58.2. The molecule has 6 rings (SSSR count). The van der Waals surface area contributed by atoms with E-state index in [0.29, 0.717) is 0 Å². The predicted octanol–water partition coefficient (Wildman–Crippen LogP) is -0.0922. The van der Waals surface area contributed by atoms with Crippen LogP contribution in [0.1, 0.15) is 68.2 Å². The molecule has 4 aliphatic rings. The number of nitrogens with zero attached hydrogens (tertiary/aromatic N) is 4. The summed E-state index contributed by atoms with van der Waals surface area (Å²) in [6.45, 7) is 12.4. The molecule has 414 valence electrons. The Bertz CT molecular complexity index is 2380. The van der Waals surface area contributed by atoms with E-state index in [-0.39, 0.29) is 50.4 Å². The first-order chi connectivity index (χ1) is 35.7. The lowest BCUT2D eigenvalue weighted by molar-refractivity contribution is -0.142. The lowest BCUT2D eigenvalue weighted by Crippen LogP contribution is -2.59. The van der Waals surface area contributed by atoms with Crippen molar-refractivity contribution < 1.29 is 56.7 Å². The van der Waals surface area contributed by atoms with Gasteiger partial charge in [-0.3, -0.25) is 47.9 Å². The van der Waals surface area contributed by atoms with Gasteiger partial charge in [0.05, 0.1) is 61.2 Å². The maximum Gasteiger partial charge on any atom is 0.309 e. The topological polar surface area (TPSA) is 280 Å². The number of nitrogens with one attached hydrogen (secondary N) is 8. The molecule has 10 atom stereocenters. The summed E-state index contributed by atoms with van der Waals surface area (Å²) in [6.07, 6.45) is 0.471. The number of likely N-dealkylation sites (N-methyl/N-ethyl adjacent to an activating group) is 2. The highest BCUT2D eigenvalue weighted by Gasteiger charge is 2.57. The van der Waals surface area contributed by atoms with Gasteiger partial charge in [-0.2, -0.15) is 0 Å². The average molecular weight is 1060 g/mol. The van der Waals surface area contributed by atoms with Gasteiger partial charge in [-0.1, -0.05) is 41.5 Å². The third-order valence-electron chi connectivity index (χ3n) is 14.8. The zero-order chi connectivity index (χ0) is 56.1. The van der Waals surface area contributed by atoms with Gasteiger partial charge >= 0.3 is 11.8 Å². The molecule has 2 aromatic carbocycles. The molecule has 24 heteroatoms. The maximum absolute atomic E-state index is 14.5. The fourth-order valence-electron chi connectivity index (χ4n) is 10.4. The van der Waals surface area contributed by atoms with E-state index in [1.807, 2.05) is 0 Å². The molecule has 0 bridgehead atoms. The fraction of sp³-hybridized carbons (Fsp3) is 0.577. The molecule has 4 heterocycles. The van der Waals surface area contributed by atoms with Crippen LogP contribution in [0.4, 0.5) is 20.2 Å². The van der Waals surface area contributed by atoms with Crippen molar-refractivity contribution in [1.82, 2.24) is 51.5 Å². The SMILES string of the molecule is CN[C@@H](C)C(=O)NC(C(=O)N1CC[C@@H]2[C@H]1[C@@H](C(=O)Nc1ccc(F)cc1)CN2C(=O)CNC(=O)C(=O)NCC(=O)N1C[C@H](C(=O)Nc2ccc(F)cc2)[C@@H]2[C@H]1CCN2C(=O)C(NC(=O)[C@H](C)NC)C(C)(C)C)C(C)(C)C. The summed E-state index contributed by atoms with van der Waals surface area (Å²) in [4.78, 5) is 143. The minimum Gasteiger partial charge on any atom is -0.342 e. The van der Waals surface area contributed by atoms with E-state index in [9.17, 15) is 56.7 Å². The van der Waals surface area contributed by atoms with Gasteiger partial charge < -0.3 is 62.1 Å². The third-order valence-corrected chi connectivity index (χ3v) is 14.8. The van der Waals surface area contributed by atoms with Crippen molar-refractivity contribution >= 4 is 70.4 Å². The summed E-state index contributed by atoms with van der Waals surface area (Å²) in [5.74, 6) is -9.88. The maximum atomic E-state index is 14.5. The number of hydrogen-bond donors (Lipinski definition) is 8. The molecule has 4 fully saturated rings. The Hall–Kier alpha value is -7.08. The second-order valence-corrected chi connectivity index (χ2v) is 22.1. The number of anilines is 2. The number of fused-ring (bicyclic) bond motifs is 2. The Morgan fingerprint density at radius 3 is 1.17 bits per heavy atom. The summed E-state index contributed by atoms with van der Waals surface area (Å²) < 4.78 is 27.5. The Balaban J connectivity index is 1.13. The normalized spacial score (nSPS) is 22.6. The number of hydrogen-bond acceptors (Lipinski definition) is 12. The summed E-state index contributed by atoms with van der Waals surface area (Å²) in [6, 6.07) is 3.61. The molecule has 22 nitrogen and oxygen atoms in total. The predicted molar refractivity (Wildman–Crippen MR) is 274 cm³/mol. The van der Waals surface area contributed by atoms with Crippen molar-refractivity contribution in [1.29, 1.82) is 0 Å². The van der Waals surface area contributed by atoms with Gasteiger partial charge in [-0.05, 0) is 100 Å². The van der Waals surface area contributed by atoms with Gasteiger partial charge in [0.2, 0.25) is 47.3 Å². The van der Waals surface area contributed by atoms with Crippen LogP contribution in [0.3, 0.4) is 0 Å². The van der Waals surface area contributed by atoms with Crippen LogP contribution < -0.4 is 42.5 Å². The number of amides is 10. The van der Waals surface area contributed by atoms with E-state index in [2.05, 4.69) is 42.5 Å². The molecular weight excluding hydrogens is 991 g/mol. The van der Waals surface area contributed by atoms with E-state index in [0.717, 1.165) is 24.3 Å². The monoisotopic (exact) mass is 1060 g/mol. The van der Waals surface area contributed by atoms with Gasteiger partial charge in [-0.25, -0.2) is 8.78 Å². The molecule has 0 spiro atoms. The molecule has 0 aromatic heterocycles. The van der Waals surface area contributed by atoms with E-state index >= 15 is 0 Å². The molecule has 4 saturated heterocycles. The number of carbonyl (C=O) groups is 10. The lowest BCUT2D eigenvalue weighted by Gasteiger charge is -2.37. The van der Waals surface area contributed by atoms with Crippen LogP contribution in [-0.4, -0.2) is 180 Å². The van der Waals surface area contributed by atoms with Crippen molar-refractivity contribution in [2.45, 2.75) is 117 Å². The van der Waals surface area contributed by atoms with Crippen LogP contribution in [0.25, 0.3) is 0 Å². The van der Waals surface area contributed by atoms with Crippen molar-refractivity contribution in [3.63, 3.8) is 0 Å². The average Bonchev–Trinajstić information content (AvgIpc) is 4.19. The largest absolute Gasteiger partial charge is 0.342 e. The van der Waals surface area contributed by atoms with Crippen molar-refractivity contribution in [3.8, 4) is 0 Å². The fourth-order valence-corrected chi connectivity index (χ4v) is 10.4. The van der Waals surface area contributed by atoms with Crippen molar-refractivity contribution in [2.24, 2.45) is 22.7 Å². The Morgan fingerprint density at radius 2 is 0.868 bits per heavy atom. The molecule has 2 aromatic rings. The third kappa shape index (κ3) is 13.1. The highest BCUT2D eigenvalue weighted by molar-refractivity contribution is 6.35. The van der Waals surface area contributed by atoms with Gasteiger partial charge in [0, 0.05) is 37.6 Å². The zero-order valence-corrected chi connectivity index (χ0v) is 44.7. The highest BCUT2D eigenvalue weighted by Crippen LogP contribution is 2.40. The van der Waals surface area contributed by atoms with Crippen LogP contribution in [0, 0.1) is 34.3 Å². The number of halogens is 2. The van der Waals surface area contributed by atoms with Crippen LogP contribution in [0.15, 0.2) is 48.5 Å². The zero-order valence-electron chi connectivity index (χ0n) is 44.7. The number of rotatable bonds is 16. The summed E-state index contributed by atoms with van der Waals surface area (Å²) in [7, 11) is 3.21. The van der Waals surface area contributed by atoms with Crippen molar-refractivity contribution in [3.05, 3.63) is 60.2 Å². The first-order valence-corrected chi connectivity index (χ1v) is 25.5. The summed E-state index contributed by atoms with van der Waals surface area (Å²) in [5.41, 5.74) is -1.03. The Kier molecular flexibility index (Phi) is 18.3. The second kappa shape index (κ2) is 23.9. The van der Waals surface area contributed by atoms with Crippen LogP contribution in [0.2, 0.25) is 0 Å². The number of carbonyl (C=O) groups excluding carboxylic acids is 10. The Labute approximate surface area is 440 Å². The van der Waals surface area contributed by atoms with Crippen LogP contribution in [-0.2, 0) is 47.9 Å². The molecule has 8 N–H and O–H groups in total. The number of likely N-dealkylation sites (tertiary alicyclic amines) is 4. The first-order valence-electron chi connectivity index (χ1n) is 25.5. The van der Waals surface area contributed by atoms with Crippen LogP contribution in [0.5, 0.6) is 0 Å². The molecular formula is C52H72F2N12O10. The molecule has 2 unspecified atom stereocenters. The van der Waals surface area contributed by atoms with Gasteiger partial charge in [-0.15, -0.1) is 0 Å². The summed E-state index contributed by atoms with van der Waals surface area (Å²) >= 11 is 0. The van der Waals surface area contributed by atoms with Gasteiger partial charge in [0.25, 0.3) is 0 Å². The number of benzene rings is 2. The smallest absolute Gasteiger partial charge is 0.309 e. The second-order valence-electron chi connectivity index (χ2n) is 22.1. The lowest BCUT2D eigenvalue weighted by atomic mass is 9.85. The quantitative estimate of drug-likeness (QED) is 0.103. The molecule has 76 heavy (non-hydrogen) atoms. The molecule has 10 amide bonds. The van der Waals surface area contributed by atoms with E-state index in [1.165, 1.54) is 43.9 Å².